The van der Waals surface area contributed by atoms with Crippen LogP contribution in [-0.2, 0) is 0 Å². The van der Waals surface area contributed by atoms with Crippen LogP contribution in [0.4, 0.5) is 5.82 Å². The monoisotopic (exact) mass is 292 g/mol. The summed E-state index contributed by atoms with van der Waals surface area (Å²) in [4.78, 5) is 13.7. The van der Waals surface area contributed by atoms with E-state index in [4.69, 9.17) is 4.98 Å². The van der Waals surface area contributed by atoms with E-state index < -0.39 is 0 Å². The number of nitrogens with one attached hydrogen (secondary N) is 1. The molecule has 0 bridgehead atoms. The van der Waals surface area contributed by atoms with Crippen LogP contribution < -0.4 is 5.32 Å². The van der Waals surface area contributed by atoms with Crippen LogP contribution in [0.15, 0.2) is 20.9 Å². The van der Waals surface area contributed by atoms with Crippen molar-refractivity contribution in [2.75, 3.05) is 11.9 Å². The van der Waals surface area contributed by atoms with Gasteiger partial charge in [0.25, 0.3) is 0 Å². The summed E-state index contributed by atoms with van der Waals surface area (Å²) in [6, 6.07) is 0. The van der Waals surface area contributed by atoms with Crippen molar-refractivity contribution in [3.05, 3.63) is 23.0 Å². The molecule has 1 saturated carbocycles. The van der Waals surface area contributed by atoms with E-state index in [1.54, 1.807) is 23.1 Å². The maximum atomic E-state index is 4.73. The summed E-state index contributed by atoms with van der Waals surface area (Å²) in [7, 11) is 0. The van der Waals surface area contributed by atoms with Gasteiger partial charge in [0.15, 0.2) is 4.34 Å². The Morgan fingerprint density at radius 1 is 1.42 bits per heavy atom. The molecule has 0 radical (unpaired) electrons. The van der Waals surface area contributed by atoms with E-state index in [9.17, 15) is 0 Å². The minimum atomic E-state index is 0.564. The summed E-state index contributed by atoms with van der Waals surface area (Å²) in [6.45, 7) is 5.04. The van der Waals surface area contributed by atoms with Gasteiger partial charge in [-0.1, -0.05) is 0 Å². The summed E-state index contributed by atoms with van der Waals surface area (Å²) < 4.78 is 1.03. The van der Waals surface area contributed by atoms with Gasteiger partial charge in [-0.15, -0.1) is 11.3 Å². The Labute approximate surface area is 121 Å². The second-order valence-electron chi connectivity index (χ2n) is 4.57. The lowest BCUT2D eigenvalue weighted by Gasteiger charge is -2.11. The highest BCUT2D eigenvalue weighted by Crippen LogP contribution is 2.41. The van der Waals surface area contributed by atoms with Crippen LogP contribution in [0.2, 0.25) is 0 Å². The number of nitrogens with zero attached hydrogens (tertiary/aromatic N) is 3. The highest BCUT2D eigenvalue weighted by Gasteiger charge is 2.28. The molecule has 0 unspecified atom stereocenters. The number of anilines is 1. The first-order chi connectivity index (χ1) is 9.28. The fourth-order valence-electron chi connectivity index (χ4n) is 1.82. The Morgan fingerprint density at radius 3 is 2.89 bits per heavy atom. The highest BCUT2D eigenvalue weighted by molar-refractivity contribution is 8.01. The van der Waals surface area contributed by atoms with Gasteiger partial charge in [0.05, 0.1) is 0 Å². The largest absolute Gasteiger partial charge is 0.370 e. The second kappa shape index (κ2) is 5.46. The van der Waals surface area contributed by atoms with Crippen molar-refractivity contribution in [3.63, 3.8) is 0 Å². The number of hydrogen-bond acceptors (Lipinski definition) is 6. The molecule has 0 saturated heterocycles. The van der Waals surface area contributed by atoms with E-state index in [0.29, 0.717) is 5.92 Å². The average Bonchev–Trinajstić information content (AvgIpc) is 3.13. The van der Waals surface area contributed by atoms with E-state index >= 15 is 0 Å². The molecular formula is C13H16N4S2. The summed E-state index contributed by atoms with van der Waals surface area (Å²) in [6.07, 6.45) is 4.27. The summed E-state index contributed by atoms with van der Waals surface area (Å²) >= 11 is 3.28. The smallest absolute Gasteiger partial charge is 0.156 e. The van der Waals surface area contributed by atoms with Crippen LogP contribution >= 0.6 is 23.1 Å². The van der Waals surface area contributed by atoms with Crippen LogP contribution in [-0.4, -0.2) is 21.5 Å². The Bertz CT molecular complexity index is 564. The molecule has 4 nitrogen and oxygen atoms in total. The average molecular weight is 292 g/mol. The van der Waals surface area contributed by atoms with E-state index in [2.05, 4.69) is 29.1 Å². The van der Waals surface area contributed by atoms with Gasteiger partial charge < -0.3 is 5.32 Å². The lowest BCUT2D eigenvalue weighted by molar-refractivity contribution is 0.860. The molecule has 100 valence electrons. The first-order valence-corrected chi connectivity index (χ1v) is 8.17. The SMILES string of the molecule is CCNc1nc(C2CC2)nc(Sc2nccs2)c1C. The van der Waals surface area contributed by atoms with Crippen LogP contribution in [0, 0.1) is 6.92 Å². The molecular weight excluding hydrogens is 276 g/mol. The topological polar surface area (TPSA) is 50.7 Å². The van der Waals surface area contributed by atoms with Crippen molar-refractivity contribution >= 4 is 28.9 Å². The maximum Gasteiger partial charge on any atom is 0.156 e. The molecule has 1 N–H and O–H groups in total. The van der Waals surface area contributed by atoms with Gasteiger partial charge >= 0.3 is 0 Å². The highest BCUT2D eigenvalue weighted by atomic mass is 32.2. The zero-order chi connectivity index (χ0) is 13.2. The van der Waals surface area contributed by atoms with Crippen LogP contribution in [0.5, 0.6) is 0 Å². The summed E-state index contributed by atoms with van der Waals surface area (Å²) in [5, 5.41) is 6.36. The van der Waals surface area contributed by atoms with Crippen molar-refractivity contribution in [3.8, 4) is 0 Å². The first kappa shape index (κ1) is 12.9. The van der Waals surface area contributed by atoms with Gasteiger partial charge in [-0.25, -0.2) is 15.0 Å². The quantitative estimate of drug-likeness (QED) is 0.852. The summed E-state index contributed by atoms with van der Waals surface area (Å²) in [5.74, 6) is 2.52. The lowest BCUT2D eigenvalue weighted by Crippen LogP contribution is -2.07. The molecule has 19 heavy (non-hydrogen) atoms. The zero-order valence-corrected chi connectivity index (χ0v) is 12.6. The molecule has 0 spiro atoms. The van der Waals surface area contributed by atoms with Crippen LogP contribution in [0.1, 0.15) is 37.1 Å². The molecule has 0 amide bonds. The van der Waals surface area contributed by atoms with E-state index in [-0.39, 0.29) is 0 Å². The van der Waals surface area contributed by atoms with Gasteiger partial charge in [0.1, 0.15) is 16.7 Å². The molecule has 1 aliphatic rings. The van der Waals surface area contributed by atoms with Gasteiger partial charge in [0, 0.05) is 29.6 Å². The van der Waals surface area contributed by atoms with Crippen LogP contribution in [0.3, 0.4) is 0 Å². The Kier molecular flexibility index (Phi) is 3.70. The Balaban J connectivity index is 1.96. The fourth-order valence-corrected chi connectivity index (χ4v) is 3.44. The third kappa shape index (κ3) is 2.90. The second-order valence-corrected chi connectivity index (χ2v) is 6.70. The van der Waals surface area contributed by atoms with Gasteiger partial charge in [0.2, 0.25) is 0 Å². The number of hydrogen-bond donors (Lipinski definition) is 1. The lowest BCUT2D eigenvalue weighted by atomic mass is 10.3. The number of aromatic nitrogens is 3. The van der Waals surface area contributed by atoms with Gasteiger partial charge in [-0.05, 0) is 38.5 Å². The molecule has 1 aliphatic carbocycles. The predicted molar refractivity (Wildman–Crippen MR) is 79.1 cm³/mol. The molecule has 0 aromatic carbocycles. The Hall–Kier alpha value is -1.14. The van der Waals surface area contributed by atoms with Gasteiger partial charge in [-0.3, -0.25) is 0 Å². The third-order valence-electron chi connectivity index (χ3n) is 3.00. The number of thiazole rings is 1. The molecule has 2 aromatic heterocycles. The minimum absolute atomic E-state index is 0.564. The van der Waals surface area contributed by atoms with Gasteiger partial charge in [-0.2, -0.15) is 0 Å². The molecule has 1 fully saturated rings. The first-order valence-electron chi connectivity index (χ1n) is 6.47. The third-order valence-corrected chi connectivity index (χ3v) is 4.97. The van der Waals surface area contributed by atoms with Crippen LogP contribution in [0.25, 0.3) is 0 Å². The van der Waals surface area contributed by atoms with Crippen molar-refractivity contribution in [2.24, 2.45) is 0 Å². The Morgan fingerprint density at radius 2 is 2.26 bits per heavy atom. The normalized spacial score (nSPS) is 14.6. The van der Waals surface area contributed by atoms with E-state index in [1.165, 1.54) is 12.8 Å². The molecule has 6 heteroatoms. The standard InChI is InChI=1S/C13H16N4S2/c1-3-14-10-8(2)12(19-13-15-6-7-18-13)17-11(16-10)9-4-5-9/h6-7,9H,3-5H2,1-2H3,(H,14,16,17). The molecule has 3 rings (SSSR count). The number of rotatable bonds is 5. The summed E-state index contributed by atoms with van der Waals surface area (Å²) in [5.41, 5.74) is 1.12. The van der Waals surface area contributed by atoms with Crippen molar-refractivity contribution < 1.29 is 0 Å². The predicted octanol–water partition coefficient (Wildman–Crippen LogP) is 3.70. The molecule has 0 atom stereocenters. The van der Waals surface area contributed by atoms with Crippen molar-refractivity contribution in [1.82, 2.24) is 15.0 Å². The van der Waals surface area contributed by atoms with Crippen molar-refractivity contribution in [2.45, 2.75) is 42.0 Å². The molecule has 2 aromatic rings. The zero-order valence-electron chi connectivity index (χ0n) is 11.0. The molecule has 0 aliphatic heterocycles. The minimum Gasteiger partial charge on any atom is -0.370 e. The van der Waals surface area contributed by atoms with E-state index in [0.717, 1.165) is 33.1 Å². The van der Waals surface area contributed by atoms with Crippen molar-refractivity contribution in [1.29, 1.82) is 0 Å². The molecule has 2 heterocycles. The maximum absolute atomic E-state index is 4.73. The van der Waals surface area contributed by atoms with E-state index in [1.807, 2.05) is 11.6 Å². The fraction of sp³-hybridized carbons (Fsp3) is 0.462.